The number of aliphatic hydroxyl groups is 1. The van der Waals surface area contributed by atoms with Gasteiger partial charge < -0.3 is 15.6 Å². The number of esters is 1. The van der Waals surface area contributed by atoms with Gasteiger partial charge in [0.2, 0.25) is 0 Å². The lowest BCUT2D eigenvalue weighted by molar-refractivity contribution is 0.0596. The van der Waals surface area contributed by atoms with E-state index in [1.807, 2.05) is 0 Å². The Labute approximate surface area is 104 Å². The average molecular weight is 247 g/mol. The summed E-state index contributed by atoms with van der Waals surface area (Å²) < 4.78 is 6.15. The Morgan fingerprint density at radius 2 is 2.11 bits per heavy atom. The first-order chi connectivity index (χ1) is 8.67. The van der Waals surface area contributed by atoms with Crippen LogP contribution < -0.4 is 5.73 Å². The van der Waals surface area contributed by atoms with E-state index < -0.39 is 5.97 Å². The van der Waals surface area contributed by atoms with Crippen LogP contribution in [0.3, 0.4) is 0 Å². The number of ether oxygens (including phenoxy) is 1. The third-order valence-corrected chi connectivity index (χ3v) is 2.58. The molecule has 6 nitrogen and oxygen atoms in total. The maximum atomic E-state index is 11.4. The van der Waals surface area contributed by atoms with Crippen LogP contribution in [-0.2, 0) is 11.3 Å². The van der Waals surface area contributed by atoms with E-state index >= 15 is 0 Å². The summed E-state index contributed by atoms with van der Waals surface area (Å²) in [4.78, 5) is 15.3. The number of methoxy groups -OCH3 is 1. The SMILES string of the molecule is COC(=O)c1ncn(-c2ccc(CO)cc2)c1N. The van der Waals surface area contributed by atoms with Crippen molar-refractivity contribution in [3.05, 3.63) is 41.9 Å². The molecule has 94 valence electrons. The zero-order valence-corrected chi connectivity index (χ0v) is 9.83. The van der Waals surface area contributed by atoms with Gasteiger partial charge in [-0.3, -0.25) is 4.57 Å². The van der Waals surface area contributed by atoms with Gasteiger partial charge in [-0.05, 0) is 17.7 Å². The molecule has 0 spiro atoms. The predicted octanol–water partition coefficient (Wildman–Crippen LogP) is 0.733. The number of rotatable bonds is 3. The Hall–Kier alpha value is -2.34. The molecular formula is C12H13N3O3. The molecule has 0 radical (unpaired) electrons. The predicted molar refractivity (Wildman–Crippen MR) is 65.2 cm³/mol. The average Bonchev–Trinajstić information content (AvgIpc) is 2.80. The lowest BCUT2D eigenvalue weighted by Gasteiger charge is -2.06. The molecule has 0 bridgehead atoms. The molecule has 18 heavy (non-hydrogen) atoms. The fourth-order valence-corrected chi connectivity index (χ4v) is 1.58. The highest BCUT2D eigenvalue weighted by molar-refractivity contribution is 5.92. The highest BCUT2D eigenvalue weighted by atomic mass is 16.5. The molecule has 0 aliphatic heterocycles. The van der Waals surface area contributed by atoms with Gasteiger partial charge in [0.05, 0.1) is 13.7 Å². The van der Waals surface area contributed by atoms with Crippen molar-refractivity contribution in [3.63, 3.8) is 0 Å². The van der Waals surface area contributed by atoms with E-state index in [4.69, 9.17) is 10.8 Å². The van der Waals surface area contributed by atoms with Crippen molar-refractivity contribution < 1.29 is 14.6 Å². The van der Waals surface area contributed by atoms with Crippen molar-refractivity contribution >= 4 is 11.8 Å². The third-order valence-electron chi connectivity index (χ3n) is 2.58. The summed E-state index contributed by atoms with van der Waals surface area (Å²) in [5.41, 5.74) is 7.47. The van der Waals surface area contributed by atoms with Crippen molar-refractivity contribution in [2.24, 2.45) is 0 Å². The zero-order valence-electron chi connectivity index (χ0n) is 9.83. The number of anilines is 1. The highest BCUT2D eigenvalue weighted by Crippen LogP contribution is 2.18. The van der Waals surface area contributed by atoms with Gasteiger partial charge in [0.1, 0.15) is 12.1 Å². The van der Waals surface area contributed by atoms with Crippen LogP contribution in [0.2, 0.25) is 0 Å². The van der Waals surface area contributed by atoms with Crippen LogP contribution in [0, 0.1) is 0 Å². The summed E-state index contributed by atoms with van der Waals surface area (Å²) >= 11 is 0. The molecule has 1 heterocycles. The summed E-state index contributed by atoms with van der Waals surface area (Å²) in [6.45, 7) is -0.0207. The van der Waals surface area contributed by atoms with E-state index in [1.165, 1.54) is 13.4 Å². The molecule has 1 aromatic carbocycles. The van der Waals surface area contributed by atoms with Gasteiger partial charge in [0.15, 0.2) is 5.69 Å². The van der Waals surface area contributed by atoms with Crippen LogP contribution in [0.25, 0.3) is 5.69 Å². The number of nitrogens with two attached hydrogens (primary N) is 1. The highest BCUT2D eigenvalue weighted by Gasteiger charge is 2.16. The lowest BCUT2D eigenvalue weighted by Crippen LogP contribution is -2.07. The number of hydrogen-bond donors (Lipinski definition) is 2. The summed E-state index contributed by atoms with van der Waals surface area (Å²) in [5, 5.41) is 8.96. The monoisotopic (exact) mass is 247 g/mol. The van der Waals surface area contributed by atoms with Crippen molar-refractivity contribution in [3.8, 4) is 5.69 Å². The molecule has 6 heteroatoms. The van der Waals surface area contributed by atoms with Gasteiger partial charge in [-0.25, -0.2) is 9.78 Å². The first-order valence-electron chi connectivity index (χ1n) is 5.28. The molecule has 2 rings (SSSR count). The van der Waals surface area contributed by atoms with E-state index in [0.29, 0.717) is 0 Å². The Kier molecular flexibility index (Phi) is 3.29. The Bertz CT molecular complexity index is 560. The minimum Gasteiger partial charge on any atom is -0.464 e. The minimum atomic E-state index is -0.571. The fourth-order valence-electron chi connectivity index (χ4n) is 1.58. The smallest absolute Gasteiger partial charge is 0.360 e. The zero-order chi connectivity index (χ0) is 13.1. The van der Waals surface area contributed by atoms with Gasteiger partial charge in [0.25, 0.3) is 0 Å². The molecule has 0 aliphatic carbocycles. The van der Waals surface area contributed by atoms with Crippen LogP contribution in [-0.4, -0.2) is 27.7 Å². The number of imidazole rings is 1. The number of hydrogen-bond acceptors (Lipinski definition) is 5. The molecule has 0 amide bonds. The second-order valence-corrected chi connectivity index (χ2v) is 3.66. The number of benzene rings is 1. The second kappa shape index (κ2) is 4.89. The molecule has 0 saturated heterocycles. The minimum absolute atomic E-state index is 0.0207. The second-order valence-electron chi connectivity index (χ2n) is 3.66. The van der Waals surface area contributed by atoms with Crippen molar-refractivity contribution in [2.75, 3.05) is 12.8 Å². The molecule has 1 aromatic heterocycles. The van der Waals surface area contributed by atoms with Crippen LogP contribution >= 0.6 is 0 Å². The van der Waals surface area contributed by atoms with Crippen molar-refractivity contribution in [1.29, 1.82) is 0 Å². The fraction of sp³-hybridized carbons (Fsp3) is 0.167. The number of nitrogen functional groups attached to an aromatic ring is 1. The number of aromatic nitrogens is 2. The van der Waals surface area contributed by atoms with Crippen LogP contribution in [0.4, 0.5) is 5.82 Å². The summed E-state index contributed by atoms with van der Waals surface area (Å²) in [7, 11) is 1.27. The molecule has 3 N–H and O–H groups in total. The van der Waals surface area contributed by atoms with Gasteiger partial charge >= 0.3 is 5.97 Å². The van der Waals surface area contributed by atoms with Crippen molar-refractivity contribution in [2.45, 2.75) is 6.61 Å². The normalized spacial score (nSPS) is 10.3. The van der Waals surface area contributed by atoms with E-state index in [-0.39, 0.29) is 18.1 Å². The number of nitrogens with zero attached hydrogens (tertiary/aromatic N) is 2. The van der Waals surface area contributed by atoms with Crippen LogP contribution in [0.15, 0.2) is 30.6 Å². The largest absolute Gasteiger partial charge is 0.464 e. The lowest BCUT2D eigenvalue weighted by atomic mass is 10.2. The molecule has 2 aromatic rings. The van der Waals surface area contributed by atoms with Gasteiger partial charge in [-0.2, -0.15) is 0 Å². The Balaban J connectivity index is 2.39. The first-order valence-corrected chi connectivity index (χ1v) is 5.28. The van der Waals surface area contributed by atoms with Crippen LogP contribution in [0.5, 0.6) is 0 Å². The Morgan fingerprint density at radius 3 is 2.67 bits per heavy atom. The standard InChI is InChI=1S/C12H13N3O3/c1-18-12(17)10-11(13)15(7-14-10)9-4-2-8(6-16)3-5-9/h2-5,7,16H,6,13H2,1H3. The van der Waals surface area contributed by atoms with Gasteiger partial charge in [-0.1, -0.05) is 12.1 Å². The molecular weight excluding hydrogens is 234 g/mol. The maximum absolute atomic E-state index is 11.4. The molecule has 0 aliphatic rings. The van der Waals surface area contributed by atoms with E-state index in [0.717, 1.165) is 11.3 Å². The molecule has 0 atom stereocenters. The summed E-state index contributed by atoms with van der Waals surface area (Å²) in [5.74, 6) is -0.350. The third kappa shape index (κ3) is 2.05. The number of carbonyl (C=O) groups excluding carboxylic acids is 1. The van der Waals surface area contributed by atoms with Gasteiger partial charge in [0, 0.05) is 5.69 Å². The van der Waals surface area contributed by atoms with Crippen molar-refractivity contribution in [1.82, 2.24) is 9.55 Å². The number of carbonyl (C=O) groups is 1. The Morgan fingerprint density at radius 1 is 1.44 bits per heavy atom. The van der Waals surface area contributed by atoms with Crippen LogP contribution in [0.1, 0.15) is 16.1 Å². The van der Waals surface area contributed by atoms with E-state index in [1.54, 1.807) is 28.8 Å². The summed E-state index contributed by atoms with van der Waals surface area (Å²) in [6, 6.07) is 7.11. The maximum Gasteiger partial charge on any atom is 0.360 e. The molecule has 0 fully saturated rings. The first kappa shape index (κ1) is 12.1. The molecule has 0 saturated carbocycles. The summed E-state index contributed by atoms with van der Waals surface area (Å²) in [6.07, 6.45) is 1.45. The van der Waals surface area contributed by atoms with Gasteiger partial charge in [-0.15, -0.1) is 0 Å². The quantitative estimate of drug-likeness (QED) is 0.780. The van der Waals surface area contributed by atoms with E-state index in [9.17, 15) is 4.79 Å². The van der Waals surface area contributed by atoms with E-state index in [2.05, 4.69) is 9.72 Å². The number of aliphatic hydroxyl groups excluding tert-OH is 1. The molecule has 0 unspecified atom stereocenters. The topological polar surface area (TPSA) is 90.4 Å².